The van der Waals surface area contributed by atoms with Crippen LogP contribution in [-0.4, -0.2) is 31.1 Å². The summed E-state index contributed by atoms with van der Waals surface area (Å²) in [4.78, 5) is 0. The SMILES string of the molecule is O=S1(=O)C2C=CC=CC2OC2C=CC=CC21. The molecule has 0 N–H and O–H groups in total. The van der Waals surface area contributed by atoms with Gasteiger partial charge in [-0.25, -0.2) is 8.42 Å². The van der Waals surface area contributed by atoms with Gasteiger partial charge in [0.2, 0.25) is 0 Å². The summed E-state index contributed by atoms with van der Waals surface area (Å²) >= 11 is 0. The van der Waals surface area contributed by atoms with Crippen LogP contribution in [0.3, 0.4) is 0 Å². The quantitative estimate of drug-likeness (QED) is 0.634. The fourth-order valence-corrected chi connectivity index (χ4v) is 4.37. The van der Waals surface area contributed by atoms with Crippen molar-refractivity contribution in [2.75, 3.05) is 0 Å². The number of ether oxygens (including phenoxy) is 1. The van der Waals surface area contributed by atoms with Gasteiger partial charge in [0, 0.05) is 0 Å². The van der Waals surface area contributed by atoms with E-state index in [4.69, 9.17) is 4.74 Å². The minimum atomic E-state index is -3.19. The van der Waals surface area contributed by atoms with Crippen molar-refractivity contribution in [2.24, 2.45) is 0 Å². The maximum absolute atomic E-state index is 12.3. The van der Waals surface area contributed by atoms with E-state index in [1.807, 2.05) is 24.3 Å². The first-order valence-electron chi connectivity index (χ1n) is 5.28. The van der Waals surface area contributed by atoms with Gasteiger partial charge in [-0.2, -0.15) is 0 Å². The lowest BCUT2D eigenvalue weighted by atomic mass is 10.1. The molecule has 0 bridgehead atoms. The Morgan fingerprint density at radius 2 is 1.19 bits per heavy atom. The molecule has 0 spiro atoms. The van der Waals surface area contributed by atoms with Crippen molar-refractivity contribution in [3.63, 3.8) is 0 Å². The molecule has 1 heterocycles. The second kappa shape index (κ2) is 3.43. The molecule has 0 aromatic carbocycles. The molecule has 4 heteroatoms. The summed E-state index contributed by atoms with van der Waals surface area (Å²) in [6.07, 6.45) is 13.6. The first kappa shape index (κ1) is 10.1. The van der Waals surface area contributed by atoms with E-state index in [0.29, 0.717) is 0 Å². The van der Waals surface area contributed by atoms with Crippen LogP contribution < -0.4 is 0 Å². The number of hydrogen-bond acceptors (Lipinski definition) is 3. The highest BCUT2D eigenvalue weighted by Crippen LogP contribution is 2.32. The number of fused-ring (bicyclic) bond motifs is 2. The highest BCUT2D eigenvalue weighted by atomic mass is 32.2. The average Bonchev–Trinajstić information content (AvgIpc) is 2.29. The maximum atomic E-state index is 12.3. The van der Waals surface area contributed by atoms with Gasteiger partial charge in [0.1, 0.15) is 10.5 Å². The molecule has 3 nitrogen and oxygen atoms in total. The van der Waals surface area contributed by atoms with E-state index >= 15 is 0 Å². The van der Waals surface area contributed by atoms with Crippen molar-refractivity contribution in [1.29, 1.82) is 0 Å². The Bertz CT molecular complexity index is 470. The van der Waals surface area contributed by atoms with Crippen molar-refractivity contribution in [1.82, 2.24) is 0 Å². The summed E-state index contributed by atoms with van der Waals surface area (Å²) < 4.78 is 30.4. The molecule has 1 aliphatic heterocycles. The fourth-order valence-electron chi connectivity index (χ4n) is 2.33. The van der Waals surface area contributed by atoms with Crippen molar-refractivity contribution >= 4 is 9.84 Å². The van der Waals surface area contributed by atoms with Crippen LogP contribution in [0.15, 0.2) is 48.6 Å². The first-order chi connectivity index (χ1) is 7.69. The summed E-state index contributed by atoms with van der Waals surface area (Å²) in [6.45, 7) is 0. The molecule has 84 valence electrons. The van der Waals surface area contributed by atoms with E-state index in [-0.39, 0.29) is 12.2 Å². The van der Waals surface area contributed by atoms with Gasteiger partial charge in [0.05, 0.1) is 12.2 Å². The molecule has 3 rings (SSSR count). The lowest BCUT2D eigenvalue weighted by Gasteiger charge is -2.38. The van der Waals surface area contributed by atoms with Crippen LogP contribution in [0.5, 0.6) is 0 Å². The molecular weight excluding hydrogens is 224 g/mol. The third-order valence-corrected chi connectivity index (χ3v) is 5.51. The Balaban J connectivity index is 2.06. The van der Waals surface area contributed by atoms with E-state index in [9.17, 15) is 8.42 Å². The summed E-state index contributed by atoms with van der Waals surface area (Å²) in [7, 11) is -3.19. The van der Waals surface area contributed by atoms with Crippen LogP contribution in [0.25, 0.3) is 0 Å². The smallest absolute Gasteiger partial charge is 0.168 e. The topological polar surface area (TPSA) is 43.4 Å². The summed E-state index contributed by atoms with van der Waals surface area (Å²) in [6, 6.07) is 0. The normalized spacial score (nSPS) is 42.8. The molecule has 1 fully saturated rings. The van der Waals surface area contributed by atoms with E-state index in [1.54, 1.807) is 24.3 Å². The van der Waals surface area contributed by atoms with E-state index < -0.39 is 20.3 Å². The predicted molar refractivity (Wildman–Crippen MR) is 61.7 cm³/mol. The molecule has 0 aromatic rings. The summed E-state index contributed by atoms with van der Waals surface area (Å²) in [5, 5.41) is -1.07. The largest absolute Gasteiger partial charge is 0.363 e. The second-order valence-corrected chi connectivity index (χ2v) is 6.39. The van der Waals surface area contributed by atoms with Gasteiger partial charge in [0.25, 0.3) is 0 Å². The van der Waals surface area contributed by atoms with E-state index in [1.165, 1.54) is 0 Å². The van der Waals surface area contributed by atoms with Gasteiger partial charge in [-0.1, -0.05) is 48.6 Å². The molecule has 16 heavy (non-hydrogen) atoms. The molecule has 1 saturated heterocycles. The Hall–Kier alpha value is -1.13. The molecule has 0 amide bonds. The van der Waals surface area contributed by atoms with Crippen LogP contribution in [0.2, 0.25) is 0 Å². The second-order valence-electron chi connectivity index (χ2n) is 4.12. The zero-order valence-electron chi connectivity index (χ0n) is 8.56. The zero-order valence-corrected chi connectivity index (χ0v) is 9.38. The Kier molecular flexibility index (Phi) is 2.16. The van der Waals surface area contributed by atoms with E-state index in [0.717, 1.165) is 0 Å². The van der Waals surface area contributed by atoms with Gasteiger partial charge in [0.15, 0.2) is 9.84 Å². The Labute approximate surface area is 94.7 Å². The van der Waals surface area contributed by atoms with Crippen LogP contribution in [0.4, 0.5) is 0 Å². The first-order valence-corrected chi connectivity index (χ1v) is 6.89. The standard InChI is InChI=1S/C12H12O3S/c13-16(14)11-7-3-1-5-9(11)15-10-6-2-4-8-12(10)16/h1-12H. The summed E-state index contributed by atoms with van der Waals surface area (Å²) in [5.74, 6) is 0. The van der Waals surface area contributed by atoms with E-state index in [2.05, 4.69) is 0 Å². The Morgan fingerprint density at radius 3 is 1.69 bits per heavy atom. The third-order valence-electron chi connectivity index (χ3n) is 3.15. The minimum Gasteiger partial charge on any atom is -0.363 e. The molecule has 2 aliphatic carbocycles. The molecule has 0 radical (unpaired) electrons. The monoisotopic (exact) mass is 236 g/mol. The van der Waals surface area contributed by atoms with Gasteiger partial charge in [-0.15, -0.1) is 0 Å². The average molecular weight is 236 g/mol. The summed E-state index contributed by atoms with van der Waals surface area (Å²) in [5.41, 5.74) is 0. The number of rotatable bonds is 0. The lowest BCUT2D eigenvalue weighted by Crippen LogP contribution is -2.52. The van der Waals surface area contributed by atoms with Crippen LogP contribution in [0.1, 0.15) is 0 Å². The predicted octanol–water partition coefficient (Wildman–Crippen LogP) is 1.16. The van der Waals surface area contributed by atoms with Gasteiger partial charge >= 0.3 is 0 Å². The van der Waals surface area contributed by atoms with Gasteiger partial charge in [-0.3, -0.25) is 0 Å². The third kappa shape index (κ3) is 1.33. The highest BCUT2D eigenvalue weighted by Gasteiger charge is 2.46. The zero-order chi connectivity index (χ0) is 11.2. The van der Waals surface area contributed by atoms with Crippen molar-refractivity contribution in [2.45, 2.75) is 22.7 Å². The maximum Gasteiger partial charge on any atom is 0.168 e. The van der Waals surface area contributed by atoms with Crippen LogP contribution in [-0.2, 0) is 14.6 Å². The van der Waals surface area contributed by atoms with Crippen LogP contribution >= 0.6 is 0 Å². The van der Waals surface area contributed by atoms with Gasteiger partial charge < -0.3 is 4.74 Å². The number of sulfone groups is 1. The molecular formula is C12H12O3S. The lowest BCUT2D eigenvalue weighted by molar-refractivity contribution is 0.0363. The molecule has 0 aromatic heterocycles. The fraction of sp³-hybridized carbons (Fsp3) is 0.333. The minimum absolute atomic E-state index is 0.340. The van der Waals surface area contributed by atoms with Crippen molar-refractivity contribution < 1.29 is 13.2 Å². The van der Waals surface area contributed by atoms with Crippen LogP contribution in [0, 0.1) is 0 Å². The Morgan fingerprint density at radius 1 is 0.750 bits per heavy atom. The number of allylic oxidation sites excluding steroid dienone is 4. The van der Waals surface area contributed by atoms with Crippen molar-refractivity contribution in [3.8, 4) is 0 Å². The molecule has 4 unspecified atom stereocenters. The molecule has 0 saturated carbocycles. The molecule has 4 atom stereocenters. The van der Waals surface area contributed by atoms with Crippen molar-refractivity contribution in [3.05, 3.63) is 48.6 Å². The van der Waals surface area contributed by atoms with Gasteiger partial charge in [-0.05, 0) is 0 Å². The number of hydrogen-bond donors (Lipinski definition) is 0. The highest BCUT2D eigenvalue weighted by molar-refractivity contribution is 7.93. The molecule has 3 aliphatic rings.